The molecule has 4 aromatic carbocycles. The Morgan fingerprint density at radius 1 is 0.364 bits per heavy atom. The van der Waals surface area contributed by atoms with Gasteiger partial charge in [0.1, 0.15) is 0 Å². The maximum atomic E-state index is 2.25. The van der Waals surface area contributed by atoms with Crippen LogP contribution in [-0.4, -0.2) is 0 Å². The van der Waals surface area contributed by atoms with Gasteiger partial charge >= 0.3 is 0 Å². The van der Waals surface area contributed by atoms with Crippen LogP contribution in [0.1, 0.15) is 184 Å². The predicted molar refractivity (Wildman–Crippen MR) is 352 cm³/mol. The van der Waals surface area contributed by atoms with Crippen molar-refractivity contribution in [2.24, 2.45) is 41.4 Å². The summed E-state index contributed by atoms with van der Waals surface area (Å²) in [5.41, 5.74) is 11.9. The largest absolute Gasteiger partial charge is 0.0805 e. The third kappa shape index (κ3) is 35.3. The van der Waals surface area contributed by atoms with Gasteiger partial charge in [-0.3, -0.25) is 0 Å². The van der Waals surface area contributed by atoms with Gasteiger partial charge in [0.05, 0.1) is 0 Å². The summed E-state index contributed by atoms with van der Waals surface area (Å²) in [5, 5.41) is 2.77. The molecule has 77 heavy (non-hydrogen) atoms. The highest BCUT2D eigenvalue weighted by molar-refractivity contribution is 5.59. The molecule has 0 saturated heterocycles. The highest BCUT2D eigenvalue weighted by atomic mass is 14.1. The van der Waals surface area contributed by atoms with Gasteiger partial charge in [0.15, 0.2) is 0 Å². The first-order chi connectivity index (χ1) is 36.7. The van der Waals surface area contributed by atoms with Crippen molar-refractivity contribution < 1.29 is 0 Å². The van der Waals surface area contributed by atoms with Crippen molar-refractivity contribution in [3.05, 3.63) is 243 Å². The van der Waals surface area contributed by atoms with Gasteiger partial charge < -0.3 is 0 Å². The molecule has 0 amide bonds. The van der Waals surface area contributed by atoms with Gasteiger partial charge in [-0.15, -0.1) is 0 Å². The second kappa shape index (κ2) is 42.3. The molecular weight excluding hydrogens is 925 g/mol. The third-order valence-corrected chi connectivity index (χ3v) is 11.6. The topological polar surface area (TPSA) is 0 Å². The van der Waals surface area contributed by atoms with Crippen LogP contribution in [-0.2, 0) is 19.3 Å². The van der Waals surface area contributed by atoms with E-state index in [4.69, 9.17) is 0 Å². The van der Waals surface area contributed by atoms with E-state index in [0.29, 0.717) is 11.8 Å². The molecule has 11 rings (SSSR count). The SMILES string of the molecule is C1=CC2=CC=CC2C=C1.C1=Cc2ccccc2C1.C1=c2ccccc2=CC1.CC(C)C.CC(C)C.CC(C)C.CC(C)C.CC(C)C1=CC=CC1.CC(C)C1=CC=CC1.CC(C)c1ccccc1.c1ccc2c(c1)CCC2. The number of fused-ring (bicyclic) bond motifs is 4. The van der Waals surface area contributed by atoms with Gasteiger partial charge in [-0.05, 0) is 130 Å². The Labute approximate surface area is 475 Å². The van der Waals surface area contributed by atoms with Crippen LogP contribution in [0.4, 0.5) is 0 Å². The van der Waals surface area contributed by atoms with Crippen molar-refractivity contribution in [1.29, 1.82) is 0 Å². The highest BCUT2D eigenvalue weighted by Gasteiger charge is 2.10. The monoisotopic (exact) mass is 1030 g/mol. The van der Waals surface area contributed by atoms with Crippen molar-refractivity contribution in [1.82, 2.24) is 0 Å². The molecule has 7 aliphatic carbocycles. The highest BCUT2D eigenvalue weighted by Crippen LogP contribution is 2.25. The van der Waals surface area contributed by atoms with Crippen molar-refractivity contribution in [3.63, 3.8) is 0 Å². The minimum atomic E-state index is 0.579. The number of aryl methyl sites for hydroxylation is 2. The minimum Gasteiger partial charge on any atom is -0.0805 e. The fourth-order valence-corrected chi connectivity index (χ4v) is 7.73. The molecule has 0 aromatic heterocycles. The van der Waals surface area contributed by atoms with Crippen molar-refractivity contribution in [2.75, 3.05) is 0 Å². The van der Waals surface area contributed by atoms with E-state index in [2.05, 4.69) is 325 Å². The normalized spacial score (nSPS) is 15.1. The molecule has 0 heterocycles. The predicted octanol–water partition coefficient (Wildman–Crippen LogP) is 21.8. The smallest absolute Gasteiger partial charge is 0.0204 e. The average molecular weight is 1040 g/mol. The minimum absolute atomic E-state index is 0.579. The van der Waals surface area contributed by atoms with E-state index in [9.17, 15) is 0 Å². The molecule has 1 unspecified atom stereocenters. The van der Waals surface area contributed by atoms with Crippen LogP contribution in [0.15, 0.2) is 205 Å². The summed E-state index contributed by atoms with van der Waals surface area (Å²) in [6.07, 6.45) is 45.5. The van der Waals surface area contributed by atoms with E-state index >= 15 is 0 Å². The fraction of sp³-hybridized carbons (Fsp3) is 0.429. The zero-order valence-corrected chi connectivity index (χ0v) is 52.2. The van der Waals surface area contributed by atoms with Gasteiger partial charge in [-0.25, -0.2) is 0 Å². The zero-order valence-electron chi connectivity index (χ0n) is 52.2. The van der Waals surface area contributed by atoms with Gasteiger partial charge in [0.25, 0.3) is 0 Å². The molecule has 4 aromatic rings. The first-order valence-electron chi connectivity index (χ1n) is 29.8. The van der Waals surface area contributed by atoms with E-state index in [1.165, 1.54) is 64.8 Å². The number of allylic oxidation sites excluding steroid dienone is 17. The van der Waals surface area contributed by atoms with E-state index in [0.717, 1.165) is 48.3 Å². The van der Waals surface area contributed by atoms with E-state index in [1.54, 1.807) is 22.3 Å². The lowest BCUT2D eigenvalue weighted by molar-refractivity contribution is 0.736. The molecule has 0 spiro atoms. The molecule has 1 atom stereocenters. The molecule has 0 aliphatic heterocycles. The summed E-state index contributed by atoms with van der Waals surface area (Å²) in [7, 11) is 0. The van der Waals surface area contributed by atoms with Crippen LogP contribution in [0.2, 0.25) is 0 Å². The van der Waals surface area contributed by atoms with Gasteiger partial charge in [-0.1, -0.05) is 342 Å². The summed E-state index contributed by atoms with van der Waals surface area (Å²) >= 11 is 0. The van der Waals surface area contributed by atoms with Crippen LogP contribution in [0.25, 0.3) is 18.2 Å². The number of benzene rings is 4. The standard InChI is InChI=1S/C9H10.3C9H8.C9H12.2C8H12.4C4H10/c4*1-2-5-9-7-3-6-8(9)4-1;1-8(2)9-6-4-3-5-7-9;2*1-7(2)8-5-3-4-6-8;4*1-4(2)3/h1-2,4-5H,3,6-7H2;1-2,4-7H,3H2;1-6H,7H2;1-8H;3-8H,1-2H3;2*3-5,7H,6H2,1-2H3;4*4H,1-3H3. The Hall–Kier alpha value is -5.72. The van der Waals surface area contributed by atoms with E-state index in [1.807, 2.05) is 6.07 Å². The Morgan fingerprint density at radius 3 is 1.18 bits per heavy atom. The molecule has 0 heteroatoms. The molecule has 0 fully saturated rings. The molecule has 418 valence electrons. The van der Waals surface area contributed by atoms with Crippen LogP contribution in [0.3, 0.4) is 0 Å². The lowest BCUT2D eigenvalue weighted by Crippen LogP contribution is -2.19. The van der Waals surface area contributed by atoms with Crippen LogP contribution in [0, 0.1) is 41.4 Å². The van der Waals surface area contributed by atoms with E-state index < -0.39 is 0 Å². The summed E-state index contributed by atoms with van der Waals surface area (Å²) in [6, 6.07) is 36.2. The summed E-state index contributed by atoms with van der Waals surface area (Å²) < 4.78 is 0. The molecule has 0 bridgehead atoms. The maximum Gasteiger partial charge on any atom is 0.0204 e. The van der Waals surface area contributed by atoms with Crippen LogP contribution < -0.4 is 10.4 Å². The van der Waals surface area contributed by atoms with Crippen molar-refractivity contribution >= 4 is 18.2 Å². The molecule has 7 aliphatic rings. The molecule has 0 saturated carbocycles. The Bertz CT molecular complexity index is 2430. The molecule has 0 radical (unpaired) electrons. The fourth-order valence-electron chi connectivity index (χ4n) is 7.73. The number of hydrogen-bond acceptors (Lipinski definition) is 0. The second-order valence-electron chi connectivity index (χ2n) is 24.1. The van der Waals surface area contributed by atoms with Gasteiger partial charge in [0.2, 0.25) is 0 Å². The van der Waals surface area contributed by atoms with Crippen LogP contribution in [0.5, 0.6) is 0 Å². The van der Waals surface area contributed by atoms with Gasteiger partial charge in [-0.2, -0.15) is 0 Å². The average Bonchev–Trinajstić information content (AvgIpc) is 4.26. The van der Waals surface area contributed by atoms with E-state index in [-0.39, 0.29) is 0 Å². The zero-order chi connectivity index (χ0) is 57.4. The van der Waals surface area contributed by atoms with Crippen molar-refractivity contribution in [2.45, 2.75) is 175 Å². The summed E-state index contributed by atoms with van der Waals surface area (Å²) in [6.45, 7) is 39.3. The summed E-state index contributed by atoms with van der Waals surface area (Å²) in [5.74, 6) is 6.05. The quantitative estimate of drug-likeness (QED) is 0.192. The number of rotatable bonds is 3. The Kier molecular flexibility index (Phi) is 38.1. The Morgan fingerprint density at radius 2 is 0.792 bits per heavy atom. The third-order valence-electron chi connectivity index (χ3n) is 11.6. The first kappa shape index (κ1) is 69.3. The van der Waals surface area contributed by atoms with Crippen molar-refractivity contribution in [3.8, 4) is 0 Å². The lowest BCUT2D eigenvalue weighted by Gasteiger charge is -2.06. The maximum absolute atomic E-state index is 2.25. The summed E-state index contributed by atoms with van der Waals surface area (Å²) in [4.78, 5) is 0. The molecule has 0 nitrogen and oxygen atoms in total. The molecular formula is C77H110. The van der Waals surface area contributed by atoms with Crippen LogP contribution >= 0.6 is 0 Å². The number of hydrogen-bond donors (Lipinski definition) is 0. The lowest BCUT2D eigenvalue weighted by atomic mass is 9.99. The first-order valence-corrected chi connectivity index (χ1v) is 29.8. The second-order valence-corrected chi connectivity index (χ2v) is 24.1. The molecule has 0 N–H and O–H groups in total. The Balaban J connectivity index is 0.000000430. The van der Waals surface area contributed by atoms with Gasteiger partial charge in [0, 0.05) is 5.92 Å².